The van der Waals surface area contributed by atoms with E-state index in [0.717, 1.165) is 5.56 Å². The average Bonchev–Trinajstić information content (AvgIpc) is 3.27. The van der Waals surface area contributed by atoms with Gasteiger partial charge in [0, 0.05) is 18.7 Å². The number of nitrogens with zero attached hydrogens (tertiary/aromatic N) is 3. The number of halogens is 2. The predicted octanol–water partition coefficient (Wildman–Crippen LogP) is 5.52. The van der Waals surface area contributed by atoms with E-state index in [0.29, 0.717) is 15.2 Å². The van der Waals surface area contributed by atoms with Crippen LogP contribution < -0.4 is 4.80 Å². The molecule has 0 aliphatic heterocycles. The lowest BCUT2D eigenvalue weighted by Gasteiger charge is -2.20. The van der Waals surface area contributed by atoms with Crippen LogP contribution in [0.5, 0.6) is 0 Å². The molecule has 8 nitrogen and oxygen atoms in total. The summed E-state index contributed by atoms with van der Waals surface area (Å²) in [5.41, 5.74) is 1.52. The van der Waals surface area contributed by atoms with Crippen LogP contribution in [0.15, 0.2) is 76.6 Å². The molecule has 0 aliphatic carbocycles. The Bertz CT molecular complexity index is 1680. The van der Waals surface area contributed by atoms with Gasteiger partial charge in [-0.3, -0.25) is 9.59 Å². The van der Waals surface area contributed by atoms with Crippen LogP contribution in [-0.4, -0.2) is 42.3 Å². The molecule has 204 valence electrons. The number of fused-ring (bicyclic) bond motifs is 1. The van der Waals surface area contributed by atoms with Crippen LogP contribution in [0.1, 0.15) is 29.8 Å². The van der Waals surface area contributed by atoms with Gasteiger partial charge in [-0.15, -0.1) is 0 Å². The number of thiazole rings is 1. The number of esters is 1. The standard InChI is InChI=1S/C27H25Cl2N3O5S2/c1-3-31(16-18-8-6-5-7-9-18)39(35,36)20-12-10-19(11-13-20)26(34)30-27-32(17-23(33)37-4-2)25-22(38-27)15-14-21(28)24(25)29/h5-15H,3-4,16-17H2,1-2H3. The Morgan fingerprint density at radius 3 is 2.33 bits per heavy atom. The minimum atomic E-state index is -3.79. The Hall–Kier alpha value is -3.02. The van der Waals surface area contributed by atoms with E-state index in [1.54, 1.807) is 26.0 Å². The smallest absolute Gasteiger partial charge is 0.326 e. The first-order chi connectivity index (χ1) is 18.6. The molecule has 0 saturated heterocycles. The lowest BCUT2D eigenvalue weighted by Crippen LogP contribution is -2.30. The van der Waals surface area contributed by atoms with Gasteiger partial charge >= 0.3 is 5.97 Å². The zero-order chi connectivity index (χ0) is 28.2. The maximum Gasteiger partial charge on any atom is 0.326 e. The molecule has 0 aliphatic rings. The van der Waals surface area contributed by atoms with E-state index in [1.165, 1.54) is 44.5 Å². The second kappa shape index (κ2) is 12.4. The summed E-state index contributed by atoms with van der Waals surface area (Å²) < 4.78 is 35.1. The Morgan fingerprint density at radius 1 is 1.00 bits per heavy atom. The zero-order valence-electron chi connectivity index (χ0n) is 21.1. The Kier molecular flexibility index (Phi) is 9.24. The largest absolute Gasteiger partial charge is 0.465 e. The van der Waals surface area contributed by atoms with Crippen molar-refractivity contribution in [3.63, 3.8) is 0 Å². The van der Waals surface area contributed by atoms with Gasteiger partial charge in [-0.05, 0) is 48.9 Å². The van der Waals surface area contributed by atoms with Gasteiger partial charge in [0.25, 0.3) is 5.91 Å². The van der Waals surface area contributed by atoms with E-state index in [2.05, 4.69) is 4.99 Å². The molecule has 0 atom stereocenters. The average molecular weight is 607 g/mol. The van der Waals surface area contributed by atoms with Crippen molar-refractivity contribution in [2.75, 3.05) is 13.2 Å². The van der Waals surface area contributed by atoms with Gasteiger partial charge in [0.1, 0.15) is 6.54 Å². The normalized spacial score (nSPS) is 12.3. The molecule has 0 unspecified atom stereocenters. The highest BCUT2D eigenvalue weighted by Gasteiger charge is 2.24. The molecular formula is C27H25Cl2N3O5S2. The van der Waals surface area contributed by atoms with Gasteiger partial charge in [0.2, 0.25) is 10.0 Å². The molecule has 12 heteroatoms. The summed E-state index contributed by atoms with van der Waals surface area (Å²) in [5.74, 6) is -1.13. The first kappa shape index (κ1) is 29.0. The minimum absolute atomic E-state index is 0.0671. The highest BCUT2D eigenvalue weighted by molar-refractivity contribution is 7.89. The summed E-state index contributed by atoms with van der Waals surface area (Å²) in [7, 11) is -3.79. The van der Waals surface area contributed by atoms with Crippen molar-refractivity contribution in [1.82, 2.24) is 8.87 Å². The van der Waals surface area contributed by atoms with E-state index in [1.807, 2.05) is 30.3 Å². The Labute approximate surface area is 240 Å². The summed E-state index contributed by atoms with van der Waals surface area (Å²) >= 11 is 13.8. The van der Waals surface area contributed by atoms with Crippen LogP contribution in [0.4, 0.5) is 0 Å². The molecule has 0 fully saturated rings. The molecule has 1 amide bonds. The van der Waals surface area contributed by atoms with Crippen molar-refractivity contribution in [1.29, 1.82) is 0 Å². The van der Waals surface area contributed by atoms with Gasteiger partial charge in [-0.1, -0.05) is 71.8 Å². The fourth-order valence-corrected chi connectivity index (χ4v) is 6.84. The molecule has 4 aromatic rings. The third kappa shape index (κ3) is 6.42. The van der Waals surface area contributed by atoms with Crippen LogP contribution in [-0.2, 0) is 32.6 Å². The molecule has 1 aromatic heterocycles. The molecule has 0 bridgehead atoms. The monoisotopic (exact) mass is 605 g/mol. The maximum absolute atomic E-state index is 13.2. The van der Waals surface area contributed by atoms with Crippen molar-refractivity contribution in [2.45, 2.75) is 31.8 Å². The number of carbonyl (C=O) groups is 2. The van der Waals surface area contributed by atoms with Crippen molar-refractivity contribution < 1.29 is 22.7 Å². The number of sulfonamides is 1. The zero-order valence-corrected chi connectivity index (χ0v) is 24.3. The first-order valence-corrected chi connectivity index (χ1v) is 15.0. The number of hydrogen-bond donors (Lipinski definition) is 0. The van der Waals surface area contributed by atoms with Crippen molar-refractivity contribution in [3.8, 4) is 0 Å². The third-order valence-electron chi connectivity index (χ3n) is 5.82. The summed E-state index contributed by atoms with van der Waals surface area (Å²) in [5, 5.41) is 0.525. The fraction of sp³-hybridized carbons (Fsp3) is 0.222. The molecule has 4 rings (SSSR count). The molecule has 0 spiro atoms. The number of benzene rings is 3. The number of amides is 1. The summed E-state index contributed by atoms with van der Waals surface area (Å²) in [6, 6.07) is 18.3. The molecule has 3 aromatic carbocycles. The van der Waals surface area contributed by atoms with E-state index < -0.39 is 21.9 Å². The van der Waals surface area contributed by atoms with Crippen LogP contribution >= 0.6 is 34.5 Å². The number of aromatic nitrogens is 1. The van der Waals surface area contributed by atoms with Crippen LogP contribution in [0.2, 0.25) is 10.0 Å². The second-order valence-corrected chi connectivity index (χ2v) is 12.1. The summed E-state index contributed by atoms with van der Waals surface area (Å²) in [6.07, 6.45) is 0. The van der Waals surface area contributed by atoms with E-state index >= 15 is 0 Å². The molecular weight excluding hydrogens is 581 g/mol. The summed E-state index contributed by atoms with van der Waals surface area (Å²) in [4.78, 5) is 29.9. The Morgan fingerprint density at radius 2 is 1.69 bits per heavy atom. The third-order valence-corrected chi connectivity index (χ3v) is 9.59. The first-order valence-electron chi connectivity index (χ1n) is 12.0. The topological polar surface area (TPSA) is 98.0 Å². The Balaban J connectivity index is 1.66. The highest BCUT2D eigenvalue weighted by atomic mass is 35.5. The quantitative estimate of drug-likeness (QED) is 0.234. The van der Waals surface area contributed by atoms with E-state index in [4.69, 9.17) is 27.9 Å². The lowest BCUT2D eigenvalue weighted by atomic mass is 10.2. The minimum Gasteiger partial charge on any atom is -0.465 e. The number of rotatable bonds is 9. The molecule has 1 heterocycles. The lowest BCUT2D eigenvalue weighted by molar-refractivity contribution is -0.143. The number of hydrogen-bond acceptors (Lipinski definition) is 6. The van der Waals surface area contributed by atoms with Crippen LogP contribution in [0.3, 0.4) is 0 Å². The van der Waals surface area contributed by atoms with Crippen molar-refractivity contribution >= 4 is 66.7 Å². The SMILES string of the molecule is CCOC(=O)Cn1c(=NC(=O)c2ccc(S(=O)(=O)N(CC)Cc3ccccc3)cc2)sc2ccc(Cl)c(Cl)c21. The maximum atomic E-state index is 13.2. The van der Waals surface area contributed by atoms with E-state index in [9.17, 15) is 18.0 Å². The van der Waals surface area contributed by atoms with Crippen molar-refractivity contribution in [2.24, 2.45) is 4.99 Å². The second-order valence-electron chi connectivity index (χ2n) is 8.34. The van der Waals surface area contributed by atoms with Gasteiger partial charge in [0.05, 0.1) is 31.8 Å². The van der Waals surface area contributed by atoms with Gasteiger partial charge < -0.3 is 9.30 Å². The fourth-order valence-electron chi connectivity index (χ4n) is 3.89. The molecule has 0 saturated carbocycles. The van der Waals surface area contributed by atoms with Gasteiger partial charge in [0.15, 0.2) is 4.80 Å². The number of carbonyl (C=O) groups excluding carboxylic acids is 2. The van der Waals surface area contributed by atoms with E-state index in [-0.39, 0.29) is 46.5 Å². The van der Waals surface area contributed by atoms with Crippen molar-refractivity contribution in [3.05, 3.63) is 92.7 Å². The molecule has 39 heavy (non-hydrogen) atoms. The summed E-state index contributed by atoms with van der Waals surface area (Å²) in [6.45, 7) is 3.95. The van der Waals surface area contributed by atoms with Gasteiger partial charge in [-0.2, -0.15) is 9.30 Å². The van der Waals surface area contributed by atoms with Crippen LogP contribution in [0, 0.1) is 0 Å². The molecule has 0 radical (unpaired) electrons. The van der Waals surface area contributed by atoms with Gasteiger partial charge in [-0.25, -0.2) is 8.42 Å². The highest BCUT2D eigenvalue weighted by Crippen LogP contribution is 2.32. The predicted molar refractivity (Wildman–Crippen MR) is 153 cm³/mol. The molecule has 0 N–H and O–H groups in total. The van der Waals surface area contributed by atoms with Crippen LogP contribution in [0.25, 0.3) is 10.2 Å². The number of ether oxygens (including phenoxy) is 1.